The van der Waals surface area contributed by atoms with Crippen molar-refractivity contribution in [2.45, 2.75) is 6.54 Å². The normalized spacial score (nSPS) is 14.4. The summed E-state index contributed by atoms with van der Waals surface area (Å²) < 4.78 is 15.9. The van der Waals surface area contributed by atoms with Crippen LogP contribution in [0, 0.1) is 11.3 Å². The lowest BCUT2D eigenvalue weighted by molar-refractivity contribution is -0.142. The molecule has 32 heavy (non-hydrogen) atoms. The maximum absolute atomic E-state index is 12.9. The highest BCUT2D eigenvalue weighted by Crippen LogP contribution is 2.38. The van der Waals surface area contributed by atoms with Crippen LogP contribution in [-0.2, 0) is 20.9 Å². The number of benzene rings is 2. The average Bonchev–Trinajstić information content (AvgIpc) is 3.06. The molecule has 8 nitrogen and oxygen atoms in total. The van der Waals surface area contributed by atoms with Crippen LogP contribution in [-0.4, -0.2) is 42.8 Å². The second kappa shape index (κ2) is 10.3. The molecule has 2 aromatic carbocycles. The number of rotatable bonds is 7. The summed E-state index contributed by atoms with van der Waals surface area (Å²) >= 11 is 4.23. The maximum Gasteiger partial charge on any atom is 0.343 e. The zero-order valence-corrected chi connectivity index (χ0v) is 19.5. The largest absolute Gasteiger partial charge is 0.493 e. The van der Waals surface area contributed by atoms with E-state index in [-0.39, 0.29) is 18.1 Å². The van der Waals surface area contributed by atoms with Crippen molar-refractivity contribution >= 4 is 50.9 Å². The topological polar surface area (TPSA) is 106 Å². The molecule has 1 aliphatic rings. The van der Waals surface area contributed by atoms with Gasteiger partial charge in [-0.15, -0.1) is 0 Å². The Morgan fingerprint density at radius 1 is 1.22 bits per heavy atom. The minimum absolute atomic E-state index is 0.0105. The van der Waals surface area contributed by atoms with Crippen LogP contribution in [0.5, 0.6) is 11.5 Å². The molecular weight excluding hydrogens is 500 g/mol. The fraction of sp³-hybridized carbons (Fsp3) is 0.182. The molecule has 2 aromatic rings. The van der Waals surface area contributed by atoms with Crippen LogP contribution < -0.4 is 9.47 Å². The second-order valence-corrected chi connectivity index (χ2v) is 8.27. The van der Waals surface area contributed by atoms with Gasteiger partial charge in [0.05, 0.1) is 37.3 Å². The van der Waals surface area contributed by atoms with Gasteiger partial charge >= 0.3 is 5.97 Å². The first-order valence-electron chi connectivity index (χ1n) is 9.18. The summed E-state index contributed by atoms with van der Waals surface area (Å²) in [5, 5.41) is 8.83. The molecule has 0 N–H and O–H groups in total. The van der Waals surface area contributed by atoms with Gasteiger partial charge in [-0.1, -0.05) is 34.1 Å². The van der Waals surface area contributed by atoms with Crippen LogP contribution >= 0.6 is 27.7 Å². The third kappa shape index (κ3) is 5.12. The highest BCUT2D eigenvalue weighted by molar-refractivity contribution is 9.10. The number of hydrogen-bond donors (Lipinski definition) is 0. The summed E-state index contributed by atoms with van der Waals surface area (Å²) in [6.45, 7) is -0.280. The number of nitriles is 1. The van der Waals surface area contributed by atoms with Crippen molar-refractivity contribution in [1.29, 1.82) is 5.26 Å². The van der Waals surface area contributed by atoms with Crippen LogP contribution in [0.1, 0.15) is 16.7 Å². The van der Waals surface area contributed by atoms with E-state index >= 15 is 0 Å². The Balaban J connectivity index is 1.85. The Kier molecular flexibility index (Phi) is 7.56. The Morgan fingerprint density at radius 3 is 2.66 bits per heavy atom. The van der Waals surface area contributed by atoms with E-state index in [1.54, 1.807) is 42.5 Å². The van der Waals surface area contributed by atoms with Gasteiger partial charge < -0.3 is 14.2 Å². The molecule has 0 saturated carbocycles. The first kappa shape index (κ1) is 23.4. The summed E-state index contributed by atoms with van der Waals surface area (Å²) in [6.07, 6.45) is 1.57. The molecule has 164 valence electrons. The number of nitrogens with zero attached hydrogens (tertiary/aromatic N) is 2. The molecule has 0 aromatic heterocycles. The quantitative estimate of drug-likeness (QED) is 0.399. The average molecular weight is 517 g/mol. The van der Waals surface area contributed by atoms with Crippen LogP contribution in [0.3, 0.4) is 0 Å². The first-order valence-corrected chi connectivity index (χ1v) is 10.8. The van der Waals surface area contributed by atoms with E-state index in [4.69, 9.17) is 9.47 Å². The third-order valence-corrected chi connectivity index (χ3v) is 6.08. The third-order valence-electron chi connectivity index (χ3n) is 4.48. The van der Waals surface area contributed by atoms with Crippen molar-refractivity contribution in [2.24, 2.45) is 0 Å². The van der Waals surface area contributed by atoms with Crippen molar-refractivity contribution < 1.29 is 28.6 Å². The van der Waals surface area contributed by atoms with Crippen LogP contribution in [0.4, 0.5) is 4.79 Å². The van der Waals surface area contributed by atoms with E-state index in [9.17, 15) is 19.6 Å². The van der Waals surface area contributed by atoms with Crippen molar-refractivity contribution in [3.63, 3.8) is 0 Å². The number of thioether (sulfide) groups is 1. The van der Waals surface area contributed by atoms with Gasteiger partial charge in [-0.05, 0) is 47.2 Å². The van der Waals surface area contributed by atoms with Gasteiger partial charge in [0, 0.05) is 4.47 Å². The number of carbonyl (C=O) groups excluding carboxylic acids is 3. The van der Waals surface area contributed by atoms with Crippen molar-refractivity contribution in [1.82, 2.24) is 4.90 Å². The predicted octanol–water partition coefficient (Wildman–Crippen LogP) is 4.12. The molecule has 1 heterocycles. The number of methoxy groups -OCH3 is 2. The van der Waals surface area contributed by atoms with E-state index in [1.165, 1.54) is 14.2 Å². The predicted molar refractivity (Wildman–Crippen MR) is 121 cm³/mol. The molecule has 0 unspecified atom stereocenters. The standard InChI is InChI=1S/C22H17BrN2O6S/c1-29-17-7-15(16(23)9-18(17)31-12-20(26)30-2)8-19-21(27)25(22(28)32-19)11-14-6-4-3-5-13(14)10-24/h3-9H,11-12H2,1-2H3/b19-8+. The Labute approximate surface area is 196 Å². The van der Waals surface area contributed by atoms with Crippen molar-refractivity contribution in [3.8, 4) is 17.6 Å². The van der Waals surface area contributed by atoms with Gasteiger partial charge in [-0.25, -0.2) is 4.79 Å². The molecule has 0 atom stereocenters. The van der Waals surface area contributed by atoms with Gasteiger partial charge in [0.2, 0.25) is 0 Å². The number of hydrogen-bond acceptors (Lipinski definition) is 8. The first-order chi connectivity index (χ1) is 15.4. The van der Waals surface area contributed by atoms with Crippen molar-refractivity contribution in [2.75, 3.05) is 20.8 Å². The Morgan fingerprint density at radius 2 is 1.97 bits per heavy atom. The number of amides is 2. The molecule has 1 saturated heterocycles. The number of ether oxygens (including phenoxy) is 3. The lowest BCUT2D eigenvalue weighted by Crippen LogP contribution is -2.27. The van der Waals surface area contributed by atoms with Crippen LogP contribution in [0.25, 0.3) is 6.08 Å². The molecule has 1 fully saturated rings. The zero-order chi connectivity index (χ0) is 23.3. The van der Waals surface area contributed by atoms with Crippen LogP contribution in [0.2, 0.25) is 0 Å². The fourth-order valence-corrected chi connectivity index (χ4v) is 4.11. The molecule has 3 rings (SSSR count). The van der Waals surface area contributed by atoms with E-state index in [0.717, 1.165) is 16.7 Å². The van der Waals surface area contributed by atoms with Gasteiger partial charge in [0.25, 0.3) is 11.1 Å². The maximum atomic E-state index is 12.9. The lowest BCUT2D eigenvalue weighted by Gasteiger charge is -2.13. The van der Waals surface area contributed by atoms with Gasteiger partial charge in [0.15, 0.2) is 18.1 Å². The fourth-order valence-electron chi connectivity index (χ4n) is 2.84. The number of carbonyl (C=O) groups is 3. The van der Waals surface area contributed by atoms with Gasteiger partial charge in [0.1, 0.15) is 0 Å². The van der Waals surface area contributed by atoms with Crippen LogP contribution in [0.15, 0.2) is 45.8 Å². The van der Waals surface area contributed by atoms with E-state index in [0.29, 0.717) is 32.7 Å². The summed E-state index contributed by atoms with van der Waals surface area (Å²) in [6, 6.07) is 12.1. The summed E-state index contributed by atoms with van der Waals surface area (Å²) in [7, 11) is 2.70. The molecule has 2 amide bonds. The summed E-state index contributed by atoms with van der Waals surface area (Å²) in [5.74, 6) is -0.350. The van der Waals surface area contributed by atoms with Gasteiger partial charge in [-0.3, -0.25) is 14.5 Å². The second-order valence-electron chi connectivity index (χ2n) is 6.43. The molecule has 0 aliphatic carbocycles. The minimum atomic E-state index is -0.543. The smallest absolute Gasteiger partial charge is 0.343 e. The Hall–Kier alpha value is -3.29. The summed E-state index contributed by atoms with van der Waals surface area (Å²) in [4.78, 5) is 38.0. The number of imide groups is 1. The molecule has 0 spiro atoms. The lowest BCUT2D eigenvalue weighted by atomic mass is 10.1. The van der Waals surface area contributed by atoms with E-state index in [1.807, 2.05) is 0 Å². The number of halogens is 1. The highest BCUT2D eigenvalue weighted by atomic mass is 79.9. The molecule has 0 bridgehead atoms. The monoisotopic (exact) mass is 516 g/mol. The van der Waals surface area contributed by atoms with E-state index < -0.39 is 17.1 Å². The highest BCUT2D eigenvalue weighted by Gasteiger charge is 2.35. The molecular formula is C22H17BrN2O6S. The van der Waals surface area contributed by atoms with Crippen molar-refractivity contribution in [3.05, 3.63) is 62.5 Å². The number of esters is 1. The van der Waals surface area contributed by atoms with Gasteiger partial charge in [-0.2, -0.15) is 5.26 Å². The minimum Gasteiger partial charge on any atom is -0.493 e. The van der Waals surface area contributed by atoms with E-state index in [2.05, 4.69) is 26.7 Å². The summed E-state index contributed by atoms with van der Waals surface area (Å²) in [5.41, 5.74) is 1.58. The molecule has 10 heteroatoms. The molecule has 0 radical (unpaired) electrons. The zero-order valence-electron chi connectivity index (χ0n) is 17.1. The molecule has 1 aliphatic heterocycles. The SMILES string of the molecule is COC(=O)COc1cc(Br)c(/C=C2/SC(=O)N(Cc3ccccc3C#N)C2=O)cc1OC. The Bertz CT molecular complexity index is 1160.